The highest BCUT2D eigenvalue weighted by molar-refractivity contribution is 6.08. The van der Waals surface area contributed by atoms with E-state index in [9.17, 15) is 14.7 Å². The van der Waals surface area contributed by atoms with Crippen molar-refractivity contribution in [2.45, 2.75) is 0 Å². The molecule has 1 unspecified atom stereocenters. The van der Waals surface area contributed by atoms with E-state index in [2.05, 4.69) is 0 Å². The van der Waals surface area contributed by atoms with E-state index < -0.39 is 17.7 Å². The van der Waals surface area contributed by atoms with Crippen molar-refractivity contribution in [2.24, 2.45) is 5.92 Å². The summed E-state index contributed by atoms with van der Waals surface area (Å²) in [4.78, 5) is 23.4. The van der Waals surface area contributed by atoms with E-state index in [1.807, 2.05) is 6.07 Å². The number of hydrogen-bond donors (Lipinski definition) is 1. The van der Waals surface area contributed by atoms with E-state index in [-0.39, 0.29) is 6.61 Å². The van der Waals surface area contributed by atoms with Gasteiger partial charge in [-0.25, -0.2) is 0 Å². The number of ketones is 1. The van der Waals surface area contributed by atoms with Crippen molar-refractivity contribution in [1.29, 1.82) is 0 Å². The number of carbonyl (C=O) groups is 2. The molecule has 20 heavy (non-hydrogen) atoms. The molecule has 0 radical (unpaired) electrons. The van der Waals surface area contributed by atoms with Crippen molar-refractivity contribution in [3.05, 3.63) is 66.2 Å². The van der Waals surface area contributed by atoms with Crippen LogP contribution in [0.4, 0.5) is 0 Å². The molecule has 0 fully saturated rings. The SMILES string of the molecule is O=C(O)C(COc1ccccc1)C(=O)c1ccccc1. The Morgan fingerprint density at radius 2 is 1.50 bits per heavy atom. The summed E-state index contributed by atoms with van der Waals surface area (Å²) < 4.78 is 5.37. The third kappa shape index (κ3) is 3.45. The van der Waals surface area contributed by atoms with Gasteiger partial charge in [-0.15, -0.1) is 0 Å². The van der Waals surface area contributed by atoms with Gasteiger partial charge in [-0.05, 0) is 12.1 Å². The minimum Gasteiger partial charge on any atom is -0.492 e. The maximum atomic E-state index is 12.1. The van der Waals surface area contributed by atoms with Gasteiger partial charge in [-0.3, -0.25) is 9.59 Å². The first kappa shape index (κ1) is 13.8. The zero-order chi connectivity index (χ0) is 14.4. The van der Waals surface area contributed by atoms with Crippen LogP contribution in [0.15, 0.2) is 60.7 Å². The van der Waals surface area contributed by atoms with Gasteiger partial charge < -0.3 is 9.84 Å². The number of ether oxygens (including phenoxy) is 1. The number of carboxylic acids is 1. The molecule has 0 saturated carbocycles. The number of carboxylic acid groups (broad SMARTS) is 1. The highest BCUT2D eigenvalue weighted by Gasteiger charge is 2.28. The van der Waals surface area contributed by atoms with Gasteiger partial charge >= 0.3 is 5.97 Å². The Bertz CT molecular complexity index is 578. The van der Waals surface area contributed by atoms with Crippen LogP contribution in [0.1, 0.15) is 10.4 Å². The summed E-state index contributed by atoms with van der Waals surface area (Å²) in [6.45, 7) is -0.187. The van der Waals surface area contributed by atoms with E-state index in [4.69, 9.17) is 4.74 Å². The summed E-state index contributed by atoms with van der Waals surface area (Å²) in [5.41, 5.74) is 0.372. The van der Waals surface area contributed by atoms with Crippen LogP contribution in [0.25, 0.3) is 0 Å². The first-order valence-electron chi connectivity index (χ1n) is 6.18. The molecule has 1 N–H and O–H groups in total. The Hall–Kier alpha value is -2.62. The number of benzene rings is 2. The van der Waals surface area contributed by atoms with Crippen LogP contribution in [-0.4, -0.2) is 23.5 Å². The Kier molecular flexibility index (Phi) is 4.50. The van der Waals surface area contributed by atoms with Gasteiger partial charge in [0.05, 0.1) is 0 Å². The normalized spacial score (nSPS) is 11.6. The van der Waals surface area contributed by atoms with Gasteiger partial charge in [0.2, 0.25) is 0 Å². The maximum Gasteiger partial charge on any atom is 0.317 e. The second-order valence-corrected chi connectivity index (χ2v) is 4.25. The van der Waals surface area contributed by atoms with Gasteiger partial charge in [0.25, 0.3) is 0 Å². The molecule has 0 aliphatic rings. The molecule has 4 heteroatoms. The molecule has 0 amide bonds. The van der Waals surface area contributed by atoms with Gasteiger partial charge in [0.15, 0.2) is 11.7 Å². The van der Waals surface area contributed by atoms with E-state index >= 15 is 0 Å². The molecule has 1 atom stereocenters. The van der Waals surface area contributed by atoms with Gasteiger partial charge in [0.1, 0.15) is 12.4 Å². The highest BCUT2D eigenvalue weighted by Crippen LogP contribution is 2.14. The highest BCUT2D eigenvalue weighted by atomic mass is 16.5. The fourth-order valence-electron chi connectivity index (χ4n) is 1.76. The Balaban J connectivity index is 2.08. The zero-order valence-corrected chi connectivity index (χ0v) is 10.7. The molecule has 0 heterocycles. The molecule has 0 saturated heterocycles. The number of Topliss-reactive ketones (excluding diaryl/α,β-unsaturated/α-hetero) is 1. The van der Waals surface area contributed by atoms with Crippen LogP contribution in [0.2, 0.25) is 0 Å². The molecule has 4 nitrogen and oxygen atoms in total. The van der Waals surface area contributed by atoms with Crippen LogP contribution in [0.5, 0.6) is 5.75 Å². The van der Waals surface area contributed by atoms with Crippen molar-refractivity contribution in [3.8, 4) is 5.75 Å². The van der Waals surface area contributed by atoms with Crippen molar-refractivity contribution in [1.82, 2.24) is 0 Å². The Labute approximate surface area is 116 Å². The summed E-state index contributed by atoms with van der Waals surface area (Å²) in [7, 11) is 0. The monoisotopic (exact) mass is 270 g/mol. The number of para-hydroxylation sites is 1. The number of hydrogen-bond acceptors (Lipinski definition) is 3. The lowest BCUT2D eigenvalue weighted by atomic mass is 9.98. The number of aliphatic carboxylic acids is 1. The summed E-state index contributed by atoms with van der Waals surface area (Å²) in [6, 6.07) is 17.2. The maximum absolute atomic E-state index is 12.1. The topological polar surface area (TPSA) is 63.6 Å². The van der Waals surface area contributed by atoms with Gasteiger partial charge in [-0.2, -0.15) is 0 Å². The summed E-state index contributed by atoms with van der Waals surface area (Å²) in [5.74, 6) is -2.30. The first-order valence-corrected chi connectivity index (χ1v) is 6.18. The minimum absolute atomic E-state index is 0.187. The third-order valence-corrected chi connectivity index (χ3v) is 2.83. The van der Waals surface area contributed by atoms with Crippen molar-refractivity contribution in [2.75, 3.05) is 6.61 Å². The zero-order valence-electron chi connectivity index (χ0n) is 10.7. The summed E-state index contributed by atoms with van der Waals surface area (Å²) >= 11 is 0. The molecule has 0 aromatic heterocycles. The number of carbonyl (C=O) groups excluding carboxylic acids is 1. The Morgan fingerprint density at radius 1 is 0.950 bits per heavy atom. The minimum atomic E-state index is -1.21. The molecule has 2 rings (SSSR count). The Morgan fingerprint density at radius 3 is 2.05 bits per heavy atom. The second kappa shape index (κ2) is 6.52. The molecule has 2 aromatic rings. The summed E-state index contributed by atoms with van der Waals surface area (Å²) in [5, 5.41) is 9.18. The fourth-order valence-corrected chi connectivity index (χ4v) is 1.76. The predicted molar refractivity (Wildman–Crippen MR) is 73.8 cm³/mol. The molecule has 0 bridgehead atoms. The molecule has 2 aromatic carbocycles. The standard InChI is InChI=1S/C16H14O4/c17-15(12-7-3-1-4-8-12)14(16(18)19)11-20-13-9-5-2-6-10-13/h1-10,14H,11H2,(H,18,19). The molecule has 0 spiro atoms. The quantitative estimate of drug-likeness (QED) is 0.647. The molecule has 102 valence electrons. The average molecular weight is 270 g/mol. The first-order chi connectivity index (χ1) is 9.68. The summed E-state index contributed by atoms with van der Waals surface area (Å²) in [6.07, 6.45) is 0. The van der Waals surface area contributed by atoms with E-state index in [1.54, 1.807) is 54.6 Å². The van der Waals surface area contributed by atoms with Crippen molar-refractivity contribution < 1.29 is 19.4 Å². The number of rotatable bonds is 6. The predicted octanol–water partition coefficient (Wildman–Crippen LogP) is 2.65. The van der Waals surface area contributed by atoms with Crippen molar-refractivity contribution >= 4 is 11.8 Å². The van der Waals surface area contributed by atoms with Crippen LogP contribution < -0.4 is 4.74 Å². The van der Waals surface area contributed by atoms with Crippen LogP contribution >= 0.6 is 0 Å². The average Bonchev–Trinajstić information content (AvgIpc) is 2.49. The molecular weight excluding hydrogens is 256 g/mol. The van der Waals surface area contributed by atoms with Crippen LogP contribution in [0, 0.1) is 5.92 Å². The lowest BCUT2D eigenvalue weighted by Crippen LogP contribution is -2.29. The largest absolute Gasteiger partial charge is 0.492 e. The second-order valence-electron chi connectivity index (χ2n) is 4.25. The third-order valence-electron chi connectivity index (χ3n) is 2.83. The van der Waals surface area contributed by atoms with Crippen LogP contribution in [-0.2, 0) is 4.79 Å². The lowest BCUT2D eigenvalue weighted by Gasteiger charge is -2.13. The smallest absolute Gasteiger partial charge is 0.317 e. The molecule has 0 aliphatic carbocycles. The van der Waals surface area contributed by atoms with Crippen molar-refractivity contribution in [3.63, 3.8) is 0 Å². The van der Waals surface area contributed by atoms with E-state index in [1.165, 1.54) is 0 Å². The fraction of sp³-hybridized carbons (Fsp3) is 0.125. The molecular formula is C16H14O4. The lowest BCUT2D eigenvalue weighted by molar-refractivity contribution is -0.140. The van der Waals surface area contributed by atoms with Crippen LogP contribution in [0.3, 0.4) is 0 Å². The van der Waals surface area contributed by atoms with Gasteiger partial charge in [0, 0.05) is 5.56 Å². The van der Waals surface area contributed by atoms with Gasteiger partial charge in [-0.1, -0.05) is 48.5 Å². The van der Waals surface area contributed by atoms with E-state index in [0.29, 0.717) is 11.3 Å². The molecule has 0 aliphatic heterocycles. The van der Waals surface area contributed by atoms with E-state index in [0.717, 1.165) is 0 Å².